The van der Waals surface area contributed by atoms with E-state index in [1.165, 1.54) is 20.3 Å². The Hall–Kier alpha value is -3.20. The molecule has 2 unspecified atom stereocenters. The van der Waals surface area contributed by atoms with Gasteiger partial charge in [-0.15, -0.1) is 0 Å². The SMILES string of the molecule is COC(=O)C1=C(C)C=C(N2CCOCC2)C(C(=O)OC)C1c1ccccc1[N+](=O)[O-]. The summed E-state index contributed by atoms with van der Waals surface area (Å²) < 4.78 is 15.5. The van der Waals surface area contributed by atoms with Crippen molar-refractivity contribution in [1.29, 1.82) is 0 Å². The van der Waals surface area contributed by atoms with Gasteiger partial charge in [0, 0.05) is 41.9 Å². The van der Waals surface area contributed by atoms with Gasteiger partial charge in [0.25, 0.3) is 5.69 Å². The Labute approximate surface area is 174 Å². The Bertz CT molecular complexity index is 916. The van der Waals surface area contributed by atoms with Crippen LogP contribution < -0.4 is 0 Å². The summed E-state index contributed by atoms with van der Waals surface area (Å²) in [5, 5.41) is 11.7. The van der Waals surface area contributed by atoms with E-state index in [9.17, 15) is 19.7 Å². The third kappa shape index (κ3) is 3.93. The van der Waals surface area contributed by atoms with E-state index in [1.54, 1.807) is 31.2 Å². The van der Waals surface area contributed by atoms with E-state index in [2.05, 4.69) is 0 Å². The van der Waals surface area contributed by atoms with Crippen molar-refractivity contribution in [3.63, 3.8) is 0 Å². The highest BCUT2D eigenvalue weighted by Crippen LogP contribution is 2.46. The molecule has 30 heavy (non-hydrogen) atoms. The van der Waals surface area contributed by atoms with Crippen molar-refractivity contribution in [2.24, 2.45) is 5.92 Å². The standard InChI is InChI=1S/C21H24N2O7/c1-13-12-16(22-8-10-30-11-9-22)19(21(25)29-3)18(17(13)20(24)28-2)14-6-4-5-7-15(14)23(26)27/h4-7,12,18-19H,8-11H2,1-3H3. The zero-order valence-electron chi connectivity index (χ0n) is 17.1. The molecule has 0 N–H and O–H groups in total. The van der Waals surface area contributed by atoms with Crippen molar-refractivity contribution >= 4 is 17.6 Å². The van der Waals surface area contributed by atoms with Crippen LogP contribution in [-0.2, 0) is 23.8 Å². The van der Waals surface area contributed by atoms with Crippen molar-refractivity contribution in [2.45, 2.75) is 12.8 Å². The molecule has 9 heteroatoms. The number of ether oxygens (including phenoxy) is 3. The summed E-state index contributed by atoms with van der Waals surface area (Å²) in [6.45, 7) is 3.84. The smallest absolute Gasteiger partial charge is 0.334 e. The number of methoxy groups -OCH3 is 2. The first-order valence-corrected chi connectivity index (χ1v) is 9.55. The van der Waals surface area contributed by atoms with Gasteiger partial charge < -0.3 is 19.1 Å². The van der Waals surface area contributed by atoms with Crippen LogP contribution in [0.25, 0.3) is 0 Å². The number of carbonyl (C=O) groups is 2. The molecule has 9 nitrogen and oxygen atoms in total. The normalized spacial score (nSPS) is 21.7. The monoisotopic (exact) mass is 416 g/mol. The fourth-order valence-electron chi connectivity index (χ4n) is 4.12. The van der Waals surface area contributed by atoms with Crippen LogP contribution in [-0.4, -0.2) is 62.3 Å². The summed E-state index contributed by atoms with van der Waals surface area (Å²) in [4.78, 5) is 38.9. The molecule has 0 spiro atoms. The minimum absolute atomic E-state index is 0.172. The van der Waals surface area contributed by atoms with Crippen LogP contribution in [0.3, 0.4) is 0 Å². The predicted molar refractivity (Wildman–Crippen MR) is 107 cm³/mol. The quantitative estimate of drug-likeness (QED) is 0.408. The van der Waals surface area contributed by atoms with Crippen molar-refractivity contribution in [2.75, 3.05) is 40.5 Å². The second-order valence-corrected chi connectivity index (χ2v) is 7.05. The van der Waals surface area contributed by atoms with Crippen molar-refractivity contribution in [1.82, 2.24) is 4.90 Å². The minimum atomic E-state index is -0.938. The summed E-state index contributed by atoms with van der Waals surface area (Å²) in [6.07, 6.45) is 1.77. The van der Waals surface area contributed by atoms with Crippen molar-refractivity contribution < 1.29 is 28.7 Å². The fraction of sp³-hybridized carbons (Fsp3) is 0.429. The van der Waals surface area contributed by atoms with E-state index in [0.717, 1.165) is 0 Å². The molecule has 1 saturated heterocycles. The topological polar surface area (TPSA) is 108 Å². The Kier molecular flexibility index (Phi) is 6.51. The molecule has 0 bridgehead atoms. The molecule has 2 atom stereocenters. The van der Waals surface area contributed by atoms with E-state index < -0.39 is 28.7 Å². The molecule has 0 amide bonds. The van der Waals surface area contributed by atoms with Crippen LogP contribution in [0, 0.1) is 16.0 Å². The Balaban J connectivity index is 2.26. The zero-order chi connectivity index (χ0) is 21.8. The number of nitro benzene ring substituents is 1. The van der Waals surface area contributed by atoms with Gasteiger partial charge in [-0.3, -0.25) is 14.9 Å². The number of carbonyl (C=O) groups excluding carboxylic acids is 2. The largest absolute Gasteiger partial charge is 0.468 e. The number of esters is 2. The molecule has 160 valence electrons. The van der Waals surface area contributed by atoms with Gasteiger partial charge in [-0.1, -0.05) is 18.2 Å². The van der Waals surface area contributed by atoms with E-state index in [0.29, 0.717) is 37.6 Å². The Morgan fingerprint density at radius 1 is 1.17 bits per heavy atom. The highest BCUT2D eigenvalue weighted by atomic mass is 16.6. The van der Waals surface area contributed by atoms with E-state index in [4.69, 9.17) is 14.2 Å². The molecule has 2 aliphatic rings. The highest BCUT2D eigenvalue weighted by molar-refractivity contribution is 5.95. The van der Waals surface area contributed by atoms with Crippen LogP contribution >= 0.6 is 0 Å². The molecular weight excluding hydrogens is 392 g/mol. The van der Waals surface area contributed by atoms with Gasteiger partial charge in [0.2, 0.25) is 0 Å². The van der Waals surface area contributed by atoms with Crippen LogP contribution in [0.15, 0.2) is 47.2 Å². The number of hydrogen-bond donors (Lipinski definition) is 0. The average Bonchev–Trinajstić information content (AvgIpc) is 2.77. The number of nitro groups is 1. The van der Waals surface area contributed by atoms with Gasteiger partial charge in [0.15, 0.2) is 0 Å². The van der Waals surface area contributed by atoms with E-state index in [1.807, 2.05) is 4.90 Å². The van der Waals surface area contributed by atoms with Crippen LogP contribution in [0.2, 0.25) is 0 Å². The molecule has 0 radical (unpaired) electrons. The van der Waals surface area contributed by atoms with Gasteiger partial charge in [0.1, 0.15) is 5.92 Å². The van der Waals surface area contributed by atoms with E-state index >= 15 is 0 Å². The summed E-state index contributed by atoms with van der Waals surface area (Å²) >= 11 is 0. The van der Waals surface area contributed by atoms with Gasteiger partial charge in [-0.2, -0.15) is 0 Å². The van der Waals surface area contributed by atoms with Crippen LogP contribution in [0.4, 0.5) is 5.69 Å². The first-order chi connectivity index (χ1) is 14.4. The van der Waals surface area contributed by atoms with Gasteiger partial charge in [0.05, 0.1) is 32.4 Å². The number of nitrogens with zero attached hydrogens (tertiary/aromatic N) is 2. The molecule has 0 saturated carbocycles. The summed E-state index contributed by atoms with van der Waals surface area (Å²) in [6, 6.07) is 6.12. The molecule has 1 aliphatic carbocycles. The molecule has 1 aliphatic heterocycles. The number of allylic oxidation sites excluding steroid dienone is 2. The van der Waals surface area contributed by atoms with E-state index in [-0.39, 0.29) is 16.8 Å². The lowest BCUT2D eigenvalue weighted by Crippen LogP contribution is -2.43. The summed E-state index contributed by atoms with van der Waals surface area (Å²) in [5.41, 5.74) is 1.54. The maximum absolute atomic E-state index is 13.0. The zero-order valence-corrected chi connectivity index (χ0v) is 17.1. The molecule has 0 aromatic heterocycles. The average molecular weight is 416 g/mol. The number of para-hydroxylation sites is 1. The third-order valence-corrected chi connectivity index (χ3v) is 5.46. The number of hydrogen-bond acceptors (Lipinski definition) is 8. The van der Waals surface area contributed by atoms with Crippen molar-refractivity contribution in [3.8, 4) is 0 Å². The lowest BCUT2D eigenvalue weighted by molar-refractivity contribution is -0.385. The number of benzene rings is 1. The minimum Gasteiger partial charge on any atom is -0.468 e. The van der Waals surface area contributed by atoms with Gasteiger partial charge >= 0.3 is 11.9 Å². The lowest BCUT2D eigenvalue weighted by atomic mass is 9.72. The molecule has 1 aromatic rings. The second kappa shape index (κ2) is 9.08. The molecular formula is C21H24N2O7. The Morgan fingerprint density at radius 3 is 2.43 bits per heavy atom. The molecule has 1 aromatic carbocycles. The van der Waals surface area contributed by atoms with Crippen molar-refractivity contribution in [3.05, 3.63) is 62.9 Å². The second-order valence-electron chi connectivity index (χ2n) is 7.05. The maximum Gasteiger partial charge on any atom is 0.334 e. The summed E-state index contributed by atoms with van der Waals surface area (Å²) in [5.74, 6) is -3.08. The molecule has 1 fully saturated rings. The predicted octanol–water partition coefficient (Wildman–Crippen LogP) is 2.19. The third-order valence-electron chi connectivity index (χ3n) is 5.46. The maximum atomic E-state index is 13.0. The lowest BCUT2D eigenvalue weighted by Gasteiger charge is -2.40. The van der Waals surface area contributed by atoms with Gasteiger partial charge in [-0.05, 0) is 18.6 Å². The van der Waals surface area contributed by atoms with Crippen LogP contribution in [0.5, 0.6) is 0 Å². The first-order valence-electron chi connectivity index (χ1n) is 9.55. The fourth-order valence-corrected chi connectivity index (χ4v) is 4.12. The highest BCUT2D eigenvalue weighted by Gasteiger charge is 2.46. The van der Waals surface area contributed by atoms with Crippen LogP contribution in [0.1, 0.15) is 18.4 Å². The summed E-state index contributed by atoms with van der Waals surface area (Å²) in [7, 11) is 2.51. The van der Waals surface area contributed by atoms with Gasteiger partial charge in [-0.25, -0.2) is 4.79 Å². The number of morpholine rings is 1. The molecule has 3 rings (SSSR count). The first kappa shape index (κ1) is 21.5. The number of rotatable bonds is 5. The molecule has 1 heterocycles. The Morgan fingerprint density at radius 2 is 1.83 bits per heavy atom.